The maximum atomic E-state index is 10.8. The highest BCUT2D eigenvalue weighted by Gasteiger charge is 2.20. The van der Waals surface area contributed by atoms with Gasteiger partial charge in [-0.2, -0.15) is 0 Å². The van der Waals surface area contributed by atoms with Crippen LogP contribution >= 0.6 is 11.3 Å². The first-order chi connectivity index (χ1) is 7.18. The molecular formula is C10H14N2O2S. The lowest BCUT2D eigenvalue weighted by Gasteiger charge is -2.12. The van der Waals surface area contributed by atoms with Crippen molar-refractivity contribution < 1.29 is 9.90 Å². The van der Waals surface area contributed by atoms with Crippen molar-refractivity contribution in [2.75, 3.05) is 18.0 Å². The SMILES string of the molecule is CC(C(=O)O)c1csc(N2CCCC2)n1. The van der Waals surface area contributed by atoms with Crippen LogP contribution in [0.25, 0.3) is 0 Å². The van der Waals surface area contributed by atoms with Crippen molar-refractivity contribution in [1.82, 2.24) is 4.98 Å². The van der Waals surface area contributed by atoms with Gasteiger partial charge in [-0.05, 0) is 19.8 Å². The molecular weight excluding hydrogens is 212 g/mol. The highest BCUT2D eigenvalue weighted by atomic mass is 32.1. The molecule has 1 aliphatic rings. The highest BCUT2D eigenvalue weighted by molar-refractivity contribution is 7.13. The summed E-state index contributed by atoms with van der Waals surface area (Å²) in [4.78, 5) is 17.4. The van der Waals surface area contributed by atoms with Crippen LogP contribution in [0.3, 0.4) is 0 Å². The van der Waals surface area contributed by atoms with E-state index in [0.29, 0.717) is 5.69 Å². The van der Waals surface area contributed by atoms with Gasteiger partial charge in [0, 0.05) is 18.5 Å². The van der Waals surface area contributed by atoms with Crippen LogP contribution in [0.4, 0.5) is 5.13 Å². The number of hydrogen-bond donors (Lipinski definition) is 1. The molecule has 0 aromatic carbocycles. The van der Waals surface area contributed by atoms with Crippen LogP contribution in [0.1, 0.15) is 31.4 Å². The first-order valence-corrected chi connectivity index (χ1v) is 5.99. The molecule has 0 spiro atoms. The molecule has 4 nitrogen and oxygen atoms in total. The lowest BCUT2D eigenvalue weighted by molar-refractivity contribution is -0.138. The summed E-state index contributed by atoms with van der Waals surface area (Å²) in [6, 6.07) is 0. The molecule has 15 heavy (non-hydrogen) atoms. The minimum Gasteiger partial charge on any atom is -0.481 e. The lowest BCUT2D eigenvalue weighted by atomic mass is 10.1. The Labute approximate surface area is 92.6 Å². The van der Waals surface area contributed by atoms with Crippen LogP contribution in [-0.4, -0.2) is 29.1 Å². The van der Waals surface area contributed by atoms with Crippen LogP contribution in [0.2, 0.25) is 0 Å². The monoisotopic (exact) mass is 226 g/mol. The molecule has 0 aliphatic carbocycles. The first-order valence-electron chi connectivity index (χ1n) is 5.11. The Morgan fingerprint density at radius 2 is 2.27 bits per heavy atom. The van der Waals surface area contributed by atoms with Gasteiger partial charge in [-0.1, -0.05) is 0 Å². The molecule has 0 radical (unpaired) electrons. The molecule has 1 atom stereocenters. The van der Waals surface area contributed by atoms with E-state index in [1.165, 1.54) is 12.8 Å². The largest absolute Gasteiger partial charge is 0.481 e. The summed E-state index contributed by atoms with van der Waals surface area (Å²) in [7, 11) is 0. The first kappa shape index (κ1) is 10.4. The number of nitrogens with zero attached hydrogens (tertiary/aromatic N) is 2. The summed E-state index contributed by atoms with van der Waals surface area (Å²) in [6.07, 6.45) is 2.42. The molecule has 2 rings (SSSR count). The Balaban J connectivity index is 2.12. The smallest absolute Gasteiger partial charge is 0.312 e. The number of rotatable bonds is 3. The van der Waals surface area contributed by atoms with Gasteiger partial charge in [-0.3, -0.25) is 4.79 Å². The molecule has 0 amide bonds. The second kappa shape index (κ2) is 4.18. The number of anilines is 1. The van der Waals surface area contributed by atoms with Gasteiger partial charge in [-0.15, -0.1) is 11.3 Å². The summed E-state index contributed by atoms with van der Waals surface area (Å²) in [5.74, 6) is -1.31. The topological polar surface area (TPSA) is 53.4 Å². The van der Waals surface area contributed by atoms with Crippen molar-refractivity contribution in [3.05, 3.63) is 11.1 Å². The van der Waals surface area contributed by atoms with Gasteiger partial charge in [0.05, 0.1) is 11.6 Å². The van der Waals surface area contributed by atoms with Crippen molar-refractivity contribution in [2.24, 2.45) is 0 Å². The maximum absolute atomic E-state index is 10.8. The average molecular weight is 226 g/mol. The second-order valence-electron chi connectivity index (χ2n) is 3.81. The normalized spacial score (nSPS) is 18.1. The molecule has 82 valence electrons. The van der Waals surface area contributed by atoms with E-state index in [0.717, 1.165) is 18.2 Å². The zero-order valence-electron chi connectivity index (χ0n) is 8.64. The molecule has 5 heteroatoms. The second-order valence-corrected chi connectivity index (χ2v) is 4.65. The zero-order valence-corrected chi connectivity index (χ0v) is 9.46. The molecule has 1 aliphatic heterocycles. The summed E-state index contributed by atoms with van der Waals surface area (Å²) >= 11 is 1.54. The van der Waals surface area contributed by atoms with Gasteiger partial charge >= 0.3 is 5.97 Å². The maximum Gasteiger partial charge on any atom is 0.312 e. The van der Waals surface area contributed by atoms with E-state index in [9.17, 15) is 4.79 Å². The Morgan fingerprint density at radius 3 is 2.87 bits per heavy atom. The fourth-order valence-corrected chi connectivity index (χ4v) is 2.63. The summed E-state index contributed by atoms with van der Waals surface area (Å²) in [5.41, 5.74) is 0.675. The third-order valence-corrected chi connectivity index (χ3v) is 3.62. The van der Waals surface area contributed by atoms with Crippen molar-refractivity contribution >= 4 is 22.4 Å². The Hall–Kier alpha value is -1.10. The zero-order chi connectivity index (χ0) is 10.8. The summed E-state index contributed by atoms with van der Waals surface area (Å²) < 4.78 is 0. The predicted molar refractivity (Wildman–Crippen MR) is 59.6 cm³/mol. The third kappa shape index (κ3) is 2.12. The third-order valence-electron chi connectivity index (χ3n) is 2.70. The Kier molecular flexibility index (Phi) is 2.90. The molecule has 0 saturated carbocycles. The van der Waals surface area contributed by atoms with E-state index in [2.05, 4.69) is 9.88 Å². The van der Waals surface area contributed by atoms with Crippen LogP contribution in [0, 0.1) is 0 Å². The van der Waals surface area contributed by atoms with E-state index in [-0.39, 0.29) is 0 Å². The molecule has 1 saturated heterocycles. The predicted octanol–water partition coefficient (Wildman–Crippen LogP) is 1.93. The van der Waals surface area contributed by atoms with Crippen LogP contribution in [-0.2, 0) is 4.79 Å². The molecule has 1 aromatic rings. The fourth-order valence-electron chi connectivity index (χ4n) is 1.66. The van der Waals surface area contributed by atoms with Crippen LogP contribution in [0.15, 0.2) is 5.38 Å². The van der Waals surface area contributed by atoms with E-state index < -0.39 is 11.9 Å². The van der Waals surface area contributed by atoms with Gasteiger partial charge in [0.2, 0.25) is 0 Å². The number of aromatic nitrogens is 1. The number of carboxylic acids is 1. The molecule has 0 bridgehead atoms. The molecule has 1 unspecified atom stereocenters. The van der Waals surface area contributed by atoms with Gasteiger partial charge in [0.1, 0.15) is 0 Å². The van der Waals surface area contributed by atoms with E-state index in [4.69, 9.17) is 5.11 Å². The molecule has 1 aromatic heterocycles. The Bertz CT molecular complexity index is 358. The quantitative estimate of drug-likeness (QED) is 0.855. The van der Waals surface area contributed by atoms with Crippen molar-refractivity contribution in [3.8, 4) is 0 Å². The Morgan fingerprint density at radius 1 is 1.60 bits per heavy atom. The standard InChI is InChI=1S/C10H14N2O2S/c1-7(9(13)14)8-6-15-10(11-8)12-4-2-3-5-12/h6-7H,2-5H2,1H3,(H,13,14). The number of carboxylic acid groups (broad SMARTS) is 1. The van der Waals surface area contributed by atoms with E-state index >= 15 is 0 Å². The van der Waals surface area contributed by atoms with Gasteiger partial charge in [-0.25, -0.2) is 4.98 Å². The lowest BCUT2D eigenvalue weighted by Crippen LogP contribution is -2.17. The van der Waals surface area contributed by atoms with Crippen LogP contribution in [0.5, 0.6) is 0 Å². The fraction of sp³-hybridized carbons (Fsp3) is 0.600. The molecule has 1 N–H and O–H groups in total. The number of hydrogen-bond acceptors (Lipinski definition) is 4. The number of carbonyl (C=O) groups is 1. The van der Waals surface area contributed by atoms with Crippen molar-refractivity contribution in [3.63, 3.8) is 0 Å². The average Bonchev–Trinajstić information content (AvgIpc) is 2.86. The molecule has 2 heterocycles. The number of aliphatic carboxylic acids is 1. The minimum atomic E-state index is -0.812. The van der Waals surface area contributed by atoms with Gasteiger partial charge < -0.3 is 10.0 Å². The minimum absolute atomic E-state index is 0.502. The van der Waals surface area contributed by atoms with Crippen molar-refractivity contribution in [2.45, 2.75) is 25.7 Å². The van der Waals surface area contributed by atoms with E-state index in [1.807, 2.05) is 5.38 Å². The van der Waals surface area contributed by atoms with Crippen molar-refractivity contribution in [1.29, 1.82) is 0 Å². The van der Waals surface area contributed by atoms with Crippen LogP contribution < -0.4 is 4.90 Å². The highest BCUT2D eigenvalue weighted by Crippen LogP contribution is 2.27. The summed E-state index contributed by atoms with van der Waals surface area (Å²) in [5, 5.41) is 11.7. The number of thiazole rings is 1. The molecule has 1 fully saturated rings. The summed E-state index contributed by atoms with van der Waals surface area (Å²) in [6.45, 7) is 3.77. The van der Waals surface area contributed by atoms with Gasteiger partial charge in [0.25, 0.3) is 0 Å². The van der Waals surface area contributed by atoms with E-state index in [1.54, 1.807) is 18.3 Å². The van der Waals surface area contributed by atoms with Gasteiger partial charge in [0.15, 0.2) is 5.13 Å².